The van der Waals surface area contributed by atoms with Crippen LogP contribution < -0.4 is 9.47 Å². The van der Waals surface area contributed by atoms with Crippen molar-refractivity contribution in [3.63, 3.8) is 0 Å². The molecule has 7 heteroatoms. The summed E-state index contributed by atoms with van der Waals surface area (Å²) in [7, 11) is 1.61. The molecule has 26 heavy (non-hydrogen) atoms. The van der Waals surface area contributed by atoms with Gasteiger partial charge in [0.1, 0.15) is 5.82 Å². The van der Waals surface area contributed by atoms with Crippen molar-refractivity contribution >= 4 is 29.1 Å². The molecule has 0 radical (unpaired) electrons. The highest BCUT2D eigenvalue weighted by atomic mass is 35.5. The zero-order valence-electron chi connectivity index (χ0n) is 14.2. The van der Waals surface area contributed by atoms with Gasteiger partial charge in [-0.3, -0.25) is 4.79 Å². The molecule has 0 aliphatic carbocycles. The van der Waals surface area contributed by atoms with Crippen LogP contribution in [0.2, 0.25) is 10.0 Å². The van der Waals surface area contributed by atoms with Crippen molar-refractivity contribution in [1.82, 2.24) is 4.90 Å². The summed E-state index contributed by atoms with van der Waals surface area (Å²) < 4.78 is 25.1. The third-order valence-electron chi connectivity index (χ3n) is 4.10. The van der Waals surface area contributed by atoms with Gasteiger partial charge >= 0.3 is 0 Å². The summed E-state index contributed by atoms with van der Waals surface area (Å²) in [5.74, 6) is 0.426. The third-order valence-corrected chi connectivity index (χ3v) is 4.73. The Hall–Kier alpha value is -1.98. The largest absolute Gasteiger partial charge is 0.489 e. The first-order valence-corrected chi connectivity index (χ1v) is 8.96. The summed E-state index contributed by atoms with van der Waals surface area (Å²) in [6.07, 6.45) is 0.879. The Morgan fingerprint density at radius 3 is 2.73 bits per heavy atom. The Kier molecular flexibility index (Phi) is 5.89. The quantitative estimate of drug-likeness (QED) is 0.762. The molecule has 0 unspecified atom stereocenters. The fourth-order valence-corrected chi connectivity index (χ4v) is 3.22. The van der Waals surface area contributed by atoms with Crippen molar-refractivity contribution < 1.29 is 18.7 Å². The van der Waals surface area contributed by atoms with E-state index in [1.54, 1.807) is 25.2 Å². The van der Waals surface area contributed by atoms with Crippen LogP contribution in [0.4, 0.5) is 4.39 Å². The molecule has 0 bridgehead atoms. The second-order valence-electron chi connectivity index (χ2n) is 6.08. The van der Waals surface area contributed by atoms with Crippen molar-refractivity contribution in [1.29, 1.82) is 0 Å². The summed E-state index contributed by atoms with van der Waals surface area (Å²) in [6, 6.07) is 7.90. The van der Waals surface area contributed by atoms with Crippen molar-refractivity contribution in [3.05, 3.63) is 57.3 Å². The molecule has 0 saturated heterocycles. The molecule has 2 aromatic rings. The molecule has 0 spiro atoms. The second kappa shape index (κ2) is 8.14. The fourth-order valence-electron chi connectivity index (χ4n) is 2.70. The molecular formula is C19H18Cl2FNO3. The number of ether oxygens (including phenoxy) is 2. The number of carbonyl (C=O) groups excluding carboxylic acids is 1. The Labute approximate surface area is 161 Å². The van der Waals surface area contributed by atoms with E-state index in [4.69, 9.17) is 32.7 Å². The maximum atomic E-state index is 13.9. The van der Waals surface area contributed by atoms with Gasteiger partial charge in [-0.2, -0.15) is 0 Å². The highest BCUT2D eigenvalue weighted by molar-refractivity contribution is 6.32. The first-order chi connectivity index (χ1) is 12.5. The van der Waals surface area contributed by atoms with E-state index in [1.165, 1.54) is 17.0 Å². The monoisotopic (exact) mass is 397 g/mol. The van der Waals surface area contributed by atoms with Gasteiger partial charge in [-0.25, -0.2) is 4.39 Å². The number of halogens is 3. The van der Waals surface area contributed by atoms with E-state index in [0.29, 0.717) is 45.9 Å². The molecule has 0 atom stereocenters. The van der Waals surface area contributed by atoms with Crippen LogP contribution in [-0.4, -0.2) is 31.1 Å². The van der Waals surface area contributed by atoms with Crippen LogP contribution in [-0.2, 0) is 17.8 Å². The maximum absolute atomic E-state index is 13.9. The van der Waals surface area contributed by atoms with Crippen LogP contribution >= 0.6 is 23.2 Å². The van der Waals surface area contributed by atoms with Gasteiger partial charge in [-0.05, 0) is 29.8 Å². The number of fused-ring (bicyclic) bond motifs is 1. The van der Waals surface area contributed by atoms with Crippen LogP contribution in [0.15, 0.2) is 30.3 Å². The number of carbonyl (C=O) groups is 1. The van der Waals surface area contributed by atoms with Crippen molar-refractivity contribution in [2.45, 2.75) is 19.4 Å². The predicted octanol–water partition coefficient (Wildman–Crippen LogP) is 4.49. The van der Waals surface area contributed by atoms with Crippen molar-refractivity contribution in [3.8, 4) is 11.5 Å². The lowest BCUT2D eigenvalue weighted by molar-refractivity contribution is -0.129. The molecule has 0 N–H and O–H groups in total. The van der Waals surface area contributed by atoms with Gasteiger partial charge in [0.15, 0.2) is 11.5 Å². The summed E-state index contributed by atoms with van der Waals surface area (Å²) >= 11 is 12.3. The number of amides is 1. The maximum Gasteiger partial charge on any atom is 0.227 e. The summed E-state index contributed by atoms with van der Waals surface area (Å²) in [5, 5.41) is 0.704. The Morgan fingerprint density at radius 1 is 1.19 bits per heavy atom. The van der Waals surface area contributed by atoms with Gasteiger partial charge in [0.25, 0.3) is 0 Å². The van der Waals surface area contributed by atoms with Crippen LogP contribution in [0.25, 0.3) is 0 Å². The number of hydrogen-bond donors (Lipinski definition) is 0. The molecule has 2 aromatic carbocycles. The van der Waals surface area contributed by atoms with Gasteiger partial charge in [0.2, 0.25) is 5.91 Å². The highest BCUT2D eigenvalue weighted by Gasteiger charge is 2.19. The van der Waals surface area contributed by atoms with Gasteiger partial charge < -0.3 is 14.4 Å². The van der Waals surface area contributed by atoms with E-state index in [2.05, 4.69) is 0 Å². The molecule has 1 aliphatic rings. The van der Waals surface area contributed by atoms with Gasteiger partial charge in [-0.1, -0.05) is 29.3 Å². The molecule has 1 aliphatic heterocycles. The number of likely N-dealkylation sites (N-methyl/N-ethyl adjacent to an activating group) is 1. The first kappa shape index (κ1) is 18.8. The zero-order chi connectivity index (χ0) is 18.7. The zero-order valence-corrected chi connectivity index (χ0v) is 15.7. The van der Waals surface area contributed by atoms with Gasteiger partial charge in [-0.15, -0.1) is 0 Å². The second-order valence-corrected chi connectivity index (χ2v) is 6.90. The van der Waals surface area contributed by atoms with Crippen molar-refractivity contribution in [2.75, 3.05) is 20.3 Å². The Bertz CT molecular complexity index is 808. The average Bonchev–Trinajstić information content (AvgIpc) is 2.84. The standard InChI is InChI=1S/C19H18Cl2FNO3/c1-23(11-13-14(20)4-2-5-16(13)22)18(24)10-12-8-15(21)19-17(9-12)25-6-3-7-26-19/h2,4-5,8-9H,3,6-7,10-11H2,1H3. The van der Waals surface area contributed by atoms with Crippen LogP contribution in [0.1, 0.15) is 17.5 Å². The molecule has 0 fully saturated rings. The van der Waals surface area contributed by atoms with Crippen LogP contribution in [0.5, 0.6) is 11.5 Å². The molecule has 0 aromatic heterocycles. The van der Waals surface area contributed by atoms with E-state index < -0.39 is 5.82 Å². The summed E-state index contributed by atoms with van der Waals surface area (Å²) in [5.41, 5.74) is 0.998. The third kappa shape index (κ3) is 4.22. The topological polar surface area (TPSA) is 38.8 Å². The fraction of sp³-hybridized carbons (Fsp3) is 0.316. The van der Waals surface area contributed by atoms with Crippen LogP contribution in [0.3, 0.4) is 0 Å². The number of benzene rings is 2. The number of hydrogen-bond acceptors (Lipinski definition) is 3. The molecule has 3 rings (SSSR count). The highest BCUT2D eigenvalue weighted by Crippen LogP contribution is 2.38. The molecular weight excluding hydrogens is 380 g/mol. The van der Waals surface area contributed by atoms with E-state index in [-0.39, 0.29) is 18.9 Å². The predicted molar refractivity (Wildman–Crippen MR) is 98.6 cm³/mol. The smallest absolute Gasteiger partial charge is 0.227 e. The lowest BCUT2D eigenvalue weighted by Crippen LogP contribution is -2.28. The van der Waals surface area contributed by atoms with Gasteiger partial charge in [0, 0.05) is 30.6 Å². The lowest BCUT2D eigenvalue weighted by atomic mass is 10.1. The van der Waals surface area contributed by atoms with E-state index in [0.717, 1.165) is 6.42 Å². The number of nitrogens with zero attached hydrogens (tertiary/aromatic N) is 1. The molecule has 4 nitrogen and oxygen atoms in total. The summed E-state index contributed by atoms with van der Waals surface area (Å²) in [4.78, 5) is 14.0. The molecule has 1 amide bonds. The minimum atomic E-state index is -0.434. The first-order valence-electron chi connectivity index (χ1n) is 8.20. The Balaban J connectivity index is 1.73. The molecule has 1 heterocycles. The Morgan fingerprint density at radius 2 is 1.96 bits per heavy atom. The van der Waals surface area contributed by atoms with E-state index in [1.807, 2.05) is 0 Å². The molecule has 138 valence electrons. The normalized spacial score (nSPS) is 13.2. The van der Waals surface area contributed by atoms with Crippen molar-refractivity contribution in [2.24, 2.45) is 0 Å². The lowest BCUT2D eigenvalue weighted by Gasteiger charge is -2.19. The van der Waals surface area contributed by atoms with Crippen LogP contribution in [0, 0.1) is 5.82 Å². The SMILES string of the molecule is CN(Cc1c(F)cccc1Cl)C(=O)Cc1cc(Cl)c2c(c1)OCCCO2. The van der Waals surface area contributed by atoms with Gasteiger partial charge in [0.05, 0.1) is 24.7 Å². The molecule has 0 saturated carbocycles. The average molecular weight is 398 g/mol. The minimum absolute atomic E-state index is 0.0859. The minimum Gasteiger partial charge on any atom is -0.489 e. The number of rotatable bonds is 4. The summed E-state index contributed by atoms with van der Waals surface area (Å²) in [6.45, 7) is 1.16. The van der Waals surface area contributed by atoms with E-state index >= 15 is 0 Å². The van der Waals surface area contributed by atoms with E-state index in [9.17, 15) is 9.18 Å².